The third-order valence-electron chi connectivity index (χ3n) is 3.20. The fourth-order valence-electron chi connectivity index (χ4n) is 1.97. The zero-order valence-electron chi connectivity index (χ0n) is 13.7. The molecule has 0 saturated heterocycles. The van der Waals surface area contributed by atoms with Gasteiger partial charge in [-0.2, -0.15) is 0 Å². The van der Waals surface area contributed by atoms with E-state index in [-0.39, 0.29) is 11.8 Å². The highest BCUT2D eigenvalue weighted by atomic mass is 35.5. The van der Waals surface area contributed by atoms with Gasteiger partial charge in [0, 0.05) is 23.3 Å². The van der Waals surface area contributed by atoms with E-state index >= 15 is 0 Å². The highest BCUT2D eigenvalue weighted by Gasteiger charge is 2.30. The number of ether oxygens (including phenoxy) is 1. The Labute approximate surface area is 146 Å². The molecule has 0 heterocycles. The Hall–Kier alpha value is -2.53. The minimum atomic E-state index is -1.07. The lowest BCUT2D eigenvalue weighted by atomic mass is 10.1. The van der Waals surface area contributed by atoms with Gasteiger partial charge in [-0.3, -0.25) is 9.59 Å². The van der Waals surface area contributed by atoms with Crippen LogP contribution in [-0.2, 0) is 9.59 Å². The van der Waals surface area contributed by atoms with Crippen molar-refractivity contribution in [2.75, 3.05) is 10.6 Å². The van der Waals surface area contributed by atoms with Crippen LogP contribution in [0.5, 0.6) is 5.75 Å². The lowest BCUT2D eigenvalue weighted by Crippen LogP contribution is -2.42. The third kappa shape index (κ3) is 4.99. The summed E-state index contributed by atoms with van der Waals surface area (Å²) in [4.78, 5) is 23.4. The number of amides is 2. The van der Waals surface area contributed by atoms with Crippen LogP contribution in [0.2, 0.25) is 5.02 Å². The lowest BCUT2D eigenvalue weighted by Gasteiger charge is -2.25. The number of hydrogen-bond acceptors (Lipinski definition) is 3. The van der Waals surface area contributed by atoms with Gasteiger partial charge in [0.05, 0.1) is 0 Å². The zero-order chi connectivity index (χ0) is 17.7. The van der Waals surface area contributed by atoms with Crippen LogP contribution in [-0.4, -0.2) is 17.4 Å². The highest BCUT2D eigenvalue weighted by Crippen LogP contribution is 2.22. The predicted molar refractivity (Wildman–Crippen MR) is 95.5 cm³/mol. The van der Waals surface area contributed by atoms with E-state index in [1.54, 1.807) is 62.4 Å². The van der Waals surface area contributed by atoms with Crippen LogP contribution in [0.25, 0.3) is 0 Å². The van der Waals surface area contributed by atoms with Gasteiger partial charge in [0.15, 0.2) is 5.60 Å². The predicted octanol–water partition coefficient (Wildman–Crippen LogP) is 4.09. The van der Waals surface area contributed by atoms with E-state index in [2.05, 4.69) is 10.6 Å². The second-order valence-corrected chi connectivity index (χ2v) is 6.22. The molecule has 0 unspecified atom stereocenters. The molecule has 2 N–H and O–H groups in total. The quantitative estimate of drug-likeness (QED) is 0.856. The summed E-state index contributed by atoms with van der Waals surface area (Å²) in [5, 5.41) is 6.06. The molecule has 0 radical (unpaired) electrons. The first kappa shape index (κ1) is 17.8. The summed E-state index contributed by atoms with van der Waals surface area (Å²) in [6.45, 7) is 4.80. The number of carbonyl (C=O) groups excluding carboxylic acids is 2. The molecular weight excluding hydrogens is 328 g/mol. The van der Waals surface area contributed by atoms with Gasteiger partial charge in [-0.15, -0.1) is 0 Å². The van der Waals surface area contributed by atoms with Crippen LogP contribution >= 0.6 is 11.6 Å². The van der Waals surface area contributed by atoms with Crippen LogP contribution < -0.4 is 15.4 Å². The Kier molecular flexibility index (Phi) is 5.46. The van der Waals surface area contributed by atoms with Crippen molar-refractivity contribution in [3.05, 3.63) is 53.6 Å². The first-order valence-corrected chi connectivity index (χ1v) is 7.78. The number of halogens is 1. The van der Waals surface area contributed by atoms with E-state index in [4.69, 9.17) is 16.3 Å². The van der Waals surface area contributed by atoms with Crippen molar-refractivity contribution in [2.24, 2.45) is 0 Å². The normalized spacial score (nSPS) is 10.8. The fraction of sp³-hybridized carbons (Fsp3) is 0.222. The second kappa shape index (κ2) is 7.36. The summed E-state index contributed by atoms with van der Waals surface area (Å²) in [7, 11) is 0. The molecule has 0 aliphatic carbocycles. The summed E-state index contributed by atoms with van der Waals surface area (Å²) < 4.78 is 5.74. The average Bonchev–Trinajstić information content (AvgIpc) is 2.51. The molecule has 0 aliphatic heterocycles. The van der Waals surface area contributed by atoms with Crippen LogP contribution in [0.1, 0.15) is 20.8 Å². The summed E-state index contributed by atoms with van der Waals surface area (Å²) >= 11 is 5.84. The SMILES string of the molecule is CC(=O)Nc1ccc(NC(=O)C(C)(C)Oc2ccc(Cl)cc2)cc1. The highest BCUT2D eigenvalue weighted by molar-refractivity contribution is 6.30. The van der Waals surface area contributed by atoms with Gasteiger partial charge < -0.3 is 15.4 Å². The second-order valence-electron chi connectivity index (χ2n) is 5.78. The molecule has 2 amide bonds. The first-order valence-electron chi connectivity index (χ1n) is 7.40. The Bertz CT molecular complexity index is 725. The molecule has 0 aromatic heterocycles. The molecule has 0 bridgehead atoms. The first-order chi connectivity index (χ1) is 11.3. The van der Waals surface area contributed by atoms with Gasteiger partial charge in [0.25, 0.3) is 5.91 Å². The van der Waals surface area contributed by atoms with Crippen LogP contribution in [0, 0.1) is 0 Å². The molecule has 2 aromatic carbocycles. The molecule has 0 saturated carbocycles. The van der Waals surface area contributed by atoms with E-state index in [0.717, 1.165) is 0 Å². The van der Waals surface area contributed by atoms with E-state index in [9.17, 15) is 9.59 Å². The molecule has 126 valence electrons. The number of nitrogens with one attached hydrogen (secondary N) is 2. The van der Waals surface area contributed by atoms with Crippen molar-refractivity contribution in [1.29, 1.82) is 0 Å². The van der Waals surface area contributed by atoms with Crippen LogP contribution in [0.3, 0.4) is 0 Å². The van der Waals surface area contributed by atoms with Gasteiger partial charge in [-0.05, 0) is 62.4 Å². The molecule has 2 rings (SSSR count). The minimum absolute atomic E-state index is 0.149. The number of benzene rings is 2. The molecule has 5 nitrogen and oxygen atoms in total. The van der Waals surface area contributed by atoms with Crippen LogP contribution in [0.4, 0.5) is 11.4 Å². The van der Waals surface area contributed by atoms with Crippen molar-refractivity contribution in [1.82, 2.24) is 0 Å². The Morgan fingerprint density at radius 3 is 1.92 bits per heavy atom. The van der Waals surface area contributed by atoms with Crippen molar-refractivity contribution in [2.45, 2.75) is 26.4 Å². The van der Waals surface area contributed by atoms with Gasteiger partial charge in [0.2, 0.25) is 5.91 Å². The number of rotatable bonds is 5. The smallest absolute Gasteiger partial charge is 0.267 e. The Morgan fingerprint density at radius 1 is 0.917 bits per heavy atom. The maximum atomic E-state index is 12.4. The molecular formula is C18H19ClN2O3. The zero-order valence-corrected chi connectivity index (χ0v) is 14.5. The summed E-state index contributed by atoms with van der Waals surface area (Å²) in [5.74, 6) is 0.120. The van der Waals surface area contributed by atoms with Crippen molar-refractivity contribution >= 4 is 34.8 Å². The van der Waals surface area contributed by atoms with Gasteiger partial charge >= 0.3 is 0 Å². The van der Waals surface area contributed by atoms with Gasteiger partial charge in [-0.25, -0.2) is 0 Å². The van der Waals surface area contributed by atoms with Crippen molar-refractivity contribution in [3.63, 3.8) is 0 Å². The molecule has 0 aliphatic rings. The van der Waals surface area contributed by atoms with Gasteiger partial charge in [0.1, 0.15) is 5.75 Å². The van der Waals surface area contributed by atoms with Gasteiger partial charge in [-0.1, -0.05) is 11.6 Å². The van der Waals surface area contributed by atoms with Crippen molar-refractivity contribution < 1.29 is 14.3 Å². The number of anilines is 2. The molecule has 0 spiro atoms. The number of carbonyl (C=O) groups is 2. The fourth-order valence-corrected chi connectivity index (χ4v) is 2.09. The molecule has 6 heteroatoms. The average molecular weight is 347 g/mol. The lowest BCUT2D eigenvalue weighted by molar-refractivity contribution is -0.128. The van der Waals surface area contributed by atoms with Crippen LogP contribution in [0.15, 0.2) is 48.5 Å². The van der Waals surface area contributed by atoms with E-state index in [1.807, 2.05) is 0 Å². The maximum Gasteiger partial charge on any atom is 0.267 e. The molecule has 2 aromatic rings. The van der Waals surface area contributed by atoms with E-state index < -0.39 is 5.60 Å². The summed E-state index contributed by atoms with van der Waals surface area (Å²) in [6.07, 6.45) is 0. The standard InChI is InChI=1S/C18H19ClN2O3/c1-12(22)20-14-6-8-15(9-7-14)21-17(23)18(2,3)24-16-10-4-13(19)5-11-16/h4-11H,1-3H3,(H,20,22)(H,21,23). The Morgan fingerprint density at radius 2 is 1.42 bits per heavy atom. The number of hydrogen-bond donors (Lipinski definition) is 2. The minimum Gasteiger partial charge on any atom is -0.478 e. The molecule has 0 atom stereocenters. The van der Waals surface area contributed by atoms with E-state index in [0.29, 0.717) is 22.1 Å². The topological polar surface area (TPSA) is 67.4 Å². The third-order valence-corrected chi connectivity index (χ3v) is 3.45. The van der Waals surface area contributed by atoms with Crippen molar-refractivity contribution in [3.8, 4) is 5.75 Å². The molecule has 24 heavy (non-hydrogen) atoms. The molecule has 0 fully saturated rings. The largest absolute Gasteiger partial charge is 0.478 e. The monoisotopic (exact) mass is 346 g/mol. The maximum absolute atomic E-state index is 12.4. The Balaban J connectivity index is 2.01. The summed E-state index contributed by atoms with van der Waals surface area (Å²) in [5.41, 5.74) is 0.212. The summed E-state index contributed by atoms with van der Waals surface area (Å²) in [6, 6.07) is 13.7. The van der Waals surface area contributed by atoms with E-state index in [1.165, 1.54) is 6.92 Å².